The minimum absolute atomic E-state index is 0.106. The maximum absolute atomic E-state index is 13.4. The zero-order valence-electron chi connectivity index (χ0n) is 22.5. The number of carbonyl (C=O) groups excluding carboxylic acids is 5. The highest BCUT2D eigenvalue weighted by Gasteiger charge is 2.46. The zero-order chi connectivity index (χ0) is 30.4. The maximum Gasteiger partial charge on any atom is 0.452 e. The van der Waals surface area contributed by atoms with Gasteiger partial charge in [0.1, 0.15) is 18.6 Å². The highest BCUT2D eigenvalue weighted by molar-refractivity contribution is 6.01. The molecule has 3 atom stereocenters. The van der Waals surface area contributed by atoms with E-state index in [2.05, 4.69) is 16.0 Å². The van der Waals surface area contributed by atoms with E-state index in [1.807, 2.05) is 0 Å². The molecule has 0 aromatic heterocycles. The molecule has 0 saturated carbocycles. The molecule has 1 saturated heterocycles. The molecule has 2 unspecified atom stereocenters. The van der Waals surface area contributed by atoms with Crippen molar-refractivity contribution in [1.82, 2.24) is 20.9 Å². The molecule has 0 bridgehead atoms. The summed E-state index contributed by atoms with van der Waals surface area (Å²) < 4.78 is 39.1. The van der Waals surface area contributed by atoms with Crippen LogP contribution in [0.15, 0.2) is 24.3 Å². The Hall–Kier alpha value is -3.97. The molecule has 1 fully saturated rings. The van der Waals surface area contributed by atoms with Gasteiger partial charge in [-0.2, -0.15) is 13.2 Å². The standard InChI is InChI=1S/C26H33F3N4O7/c1-13(2)19(21(36)26(27,28)29)31-24(39)17-6-5-11-33(17)25(40)20(14(3)4)32-23(38)16-9-7-15(8-10-16)22(37)30-12-18(34)35/h7-10,13-14,17,19-20H,5-6,11-12H2,1-4H3,(H,30,37)(H,31,39)(H,32,38)(H,34,35)/t17-,19?,20?/m0/s1. The third-order valence-electron chi connectivity index (χ3n) is 6.39. The highest BCUT2D eigenvalue weighted by Crippen LogP contribution is 2.24. The first-order valence-corrected chi connectivity index (χ1v) is 12.7. The van der Waals surface area contributed by atoms with Crippen LogP contribution >= 0.6 is 0 Å². The second-order valence-electron chi connectivity index (χ2n) is 10.1. The van der Waals surface area contributed by atoms with E-state index in [-0.39, 0.29) is 24.1 Å². The van der Waals surface area contributed by atoms with Crippen molar-refractivity contribution in [3.05, 3.63) is 35.4 Å². The number of carboxylic acids is 1. The summed E-state index contributed by atoms with van der Waals surface area (Å²) in [4.78, 5) is 74.9. The summed E-state index contributed by atoms with van der Waals surface area (Å²) in [5.41, 5.74) is 0.221. The molecular weight excluding hydrogens is 537 g/mol. The normalized spacial score (nSPS) is 16.8. The quantitative estimate of drug-likeness (QED) is 0.314. The zero-order valence-corrected chi connectivity index (χ0v) is 22.5. The summed E-state index contributed by atoms with van der Waals surface area (Å²) in [5, 5.41) is 15.6. The van der Waals surface area contributed by atoms with Crippen LogP contribution in [-0.4, -0.2) is 82.8 Å². The van der Waals surface area contributed by atoms with Crippen LogP contribution in [0, 0.1) is 11.8 Å². The lowest BCUT2D eigenvalue weighted by atomic mass is 9.98. The predicted molar refractivity (Wildman–Crippen MR) is 135 cm³/mol. The number of rotatable bonds is 11. The van der Waals surface area contributed by atoms with Crippen LogP contribution in [0.2, 0.25) is 0 Å². The third kappa shape index (κ3) is 8.26. The Morgan fingerprint density at radius 2 is 1.43 bits per heavy atom. The summed E-state index contributed by atoms with van der Waals surface area (Å²) in [7, 11) is 0. The average Bonchev–Trinajstić information content (AvgIpc) is 3.37. The van der Waals surface area contributed by atoms with Crippen LogP contribution in [0.3, 0.4) is 0 Å². The van der Waals surface area contributed by atoms with Gasteiger partial charge < -0.3 is 26.0 Å². The molecule has 0 spiro atoms. The second-order valence-corrected chi connectivity index (χ2v) is 10.1. The lowest BCUT2D eigenvalue weighted by molar-refractivity contribution is -0.175. The number of hydrogen-bond donors (Lipinski definition) is 4. The fourth-order valence-electron chi connectivity index (χ4n) is 4.21. The van der Waals surface area contributed by atoms with Crippen molar-refractivity contribution in [2.45, 2.75) is 64.8 Å². The monoisotopic (exact) mass is 570 g/mol. The number of carbonyl (C=O) groups is 6. The van der Waals surface area contributed by atoms with Crippen molar-refractivity contribution in [2.24, 2.45) is 11.8 Å². The van der Waals surface area contributed by atoms with Gasteiger partial charge in [0, 0.05) is 17.7 Å². The third-order valence-corrected chi connectivity index (χ3v) is 6.39. The Morgan fingerprint density at radius 1 is 0.900 bits per heavy atom. The predicted octanol–water partition coefficient (Wildman–Crippen LogP) is 1.52. The van der Waals surface area contributed by atoms with Gasteiger partial charge in [-0.05, 0) is 48.9 Å². The van der Waals surface area contributed by atoms with Crippen molar-refractivity contribution < 1.29 is 47.0 Å². The Morgan fingerprint density at radius 3 is 1.90 bits per heavy atom. The highest BCUT2D eigenvalue weighted by atomic mass is 19.4. The Labute approximate surface area is 228 Å². The Kier molecular flexibility index (Phi) is 10.8. The minimum atomic E-state index is -5.14. The topological polar surface area (TPSA) is 162 Å². The summed E-state index contributed by atoms with van der Waals surface area (Å²) in [5.74, 6) is -7.37. The van der Waals surface area contributed by atoms with Gasteiger partial charge in [-0.1, -0.05) is 27.7 Å². The number of likely N-dealkylation sites (tertiary alicyclic amines) is 1. The summed E-state index contributed by atoms with van der Waals surface area (Å²) >= 11 is 0. The van der Waals surface area contributed by atoms with Gasteiger partial charge >= 0.3 is 12.1 Å². The second kappa shape index (κ2) is 13.4. The van der Waals surface area contributed by atoms with Crippen LogP contribution in [-0.2, 0) is 19.2 Å². The smallest absolute Gasteiger partial charge is 0.452 e. The summed E-state index contributed by atoms with van der Waals surface area (Å²) in [6.07, 6.45) is -4.57. The van der Waals surface area contributed by atoms with Gasteiger partial charge in [-0.3, -0.25) is 28.8 Å². The number of aliphatic carboxylic acids is 1. The number of Topliss-reactive ketones (excluding diaryl/α,β-unsaturated/α-hetero) is 1. The molecule has 0 aliphatic carbocycles. The number of carboxylic acid groups (broad SMARTS) is 1. The fourth-order valence-corrected chi connectivity index (χ4v) is 4.21. The first-order valence-electron chi connectivity index (χ1n) is 12.7. The molecule has 0 radical (unpaired) electrons. The Bertz CT molecular complexity index is 1140. The van der Waals surface area contributed by atoms with Crippen molar-refractivity contribution in [3.8, 4) is 0 Å². The van der Waals surface area contributed by atoms with Crippen LogP contribution in [0.25, 0.3) is 0 Å². The molecule has 1 heterocycles. The number of nitrogens with zero attached hydrogens (tertiary/aromatic N) is 1. The fraction of sp³-hybridized carbons (Fsp3) is 0.538. The van der Waals surface area contributed by atoms with Gasteiger partial charge in [0.05, 0.1) is 6.04 Å². The molecule has 2 rings (SSSR count). The van der Waals surface area contributed by atoms with Gasteiger partial charge in [0.15, 0.2) is 0 Å². The average molecular weight is 571 g/mol. The lowest BCUT2D eigenvalue weighted by Gasteiger charge is -2.32. The first kappa shape index (κ1) is 32.2. The van der Waals surface area contributed by atoms with Crippen molar-refractivity contribution >= 4 is 35.4 Å². The molecule has 1 aromatic rings. The maximum atomic E-state index is 13.4. The lowest BCUT2D eigenvalue weighted by Crippen LogP contribution is -2.58. The number of hydrogen-bond acceptors (Lipinski definition) is 6. The van der Waals surface area contributed by atoms with Gasteiger partial charge in [0.2, 0.25) is 11.8 Å². The van der Waals surface area contributed by atoms with Gasteiger partial charge in [-0.25, -0.2) is 0 Å². The van der Waals surface area contributed by atoms with E-state index < -0.39 is 78.1 Å². The van der Waals surface area contributed by atoms with E-state index in [0.29, 0.717) is 6.42 Å². The molecule has 1 aliphatic heterocycles. The number of amides is 4. The number of nitrogens with one attached hydrogen (secondary N) is 3. The number of halogens is 3. The van der Waals surface area contributed by atoms with Gasteiger partial charge in [0.25, 0.3) is 17.6 Å². The molecular formula is C26H33F3N4O7. The SMILES string of the molecule is CC(C)C(NC(=O)c1ccc(C(=O)NCC(=O)O)cc1)C(=O)N1CCC[C@H]1C(=O)NC(C(=O)C(F)(F)F)C(C)C. The van der Waals surface area contributed by atoms with E-state index in [0.717, 1.165) is 0 Å². The number of benzene rings is 1. The van der Waals surface area contributed by atoms with E-state index in [4.69, 9.17) is 5.11 Å². The molecule has 220 valence electrons. The van der Waals surface area contributed by atoms with Crippen LogP contribution in [0.4, 0.5) is 13.2 Å². The van der Waals surface area contributed by atoms with Crippen molar-refractivity contribution in [1.29, 1.82) is 0 Å². The van der Waals surface area contributed by atoms with Crippen LogP contribution in [0.5, 0.6) is 0 Å². The molecule has 40 heavy (non-hydrogen) atoms. The van der Waals surface area contributed by atoms with E-state index in [9.17, 15) is 41.9 Å². The number of ketones is 1. The van der Waals surface area contributed by atoms with E-state index >= 15 is 0 Å². The largest absolute Gasteiger partial charge is 0.480 e. The van der Waals surface area contributed by atoms with Crippen LogP contribution in [0.1, 0.15) is 61.3 Å². The molecule has 11 nitrogen and oxygen atoms in total. The summed E-state index contributed by atoms with van der Waals surface area (Å²) in [6, 6.07) is 1.26. The van der Waals surface area contributed by atoms with Gasteiger partial charge in [-0.15, -0.1) is 0 Å². The molecule has 14 heteroatoms. The Balaban J connectivity index is 2.14. The van der Waals surface area contributed by atoms with Crippen molar-refractivity contribution in [3.63, 3.8) is 0 Å². The minimum Gasteiger partial charge on any atom is -0.480 e. The summed E-state index contributed by atoms with van der Waals surface area (Å²) in [6.45, 7) is 5.62. The molecule has 1 aromatic carbocycles. The first-order chi connectivity index (χ1) is 18.5. The molecule has 1 aliphatic rings. The molecule has 4 N–H and O–H groups in total. The van der Waals surface area contributed by atoms with Crippen molar-refractivity contribution in [2.75, 3.05) is 13.1 Å². The molecule has 4 amide bonds. The number of alkyl halides is 3. The van der Waals surface area contributed by atoms with E-state index in [1.165, 1.54) is 43.0 Å². The van der Waals surface area contributed by atoms with E-state index in [1.54, 1.807) is 13.8 Å². The van der Waals surface area contributed by atoms with Crippen LogP contribution < -0.4 is 16.0 Å².